The smallest absolute Gasteiger partial charge is 0.287 e. The second-order valence-corrected chi connectivity index (χ2v) is 13.4. The standard InChI is InChI=1S/C28H44ClN7O5/c1-26(2,41)21-16-32-33-35(21)19-14-20(24(39)36(29)28(22(37)23(30)38)12-8-5-9-13-28)34(17-19)25(40)27(3,31)15-18-10-6-4-7-11-18/h16,18-20,41H,4-15,17,31H2,1-3H3,(H2,30,38)/t19-,20-,27?/m0/s1. The molecule has 2 saturated carbocycles. The molecule has 1 unspecified atom stereocenters. The van der Waals surface area contributed by atoms with Gasteiger partial charge in [-0.05, 0) is 46.0 Å². The summed E-state index contributed by atoms with van der Waals surface area (Å²) in [7, 11) is 0. The minimum absolute atomic E-state index is 0.0840. The van der Waals surface area contributed by atoms with Gasteiger partial charge in [-0.25, -0.2) is 9.10 Å². The van der Waals surface area contributed by atoms with Crippen molar-refractivity contribution in [1.82, 2.24) is 24.3 Å². The van der Waals surface area contributed by atoms with Gasteiger partial charge in [0.2, 0.25) is 11.7 Å². The summed E-state index contributed by atoms with van der Waals surface area (Å²) in [6.07, 6.45) is 9.88. The van der Waals surface area contributed by atoms with Crippen LogP contribution in [0.3, 0.4) is 0 Å². The first-order valence-corrected chi connectivity index (χ1v) is 15.1. The summed E-state index contributed by atoms with van der Waals surface area (Å²) >= 11 is 6.71. The number of carbonyl (C=O) groups is 4. The van der Waals surface area contributed by atoms with E-state index in [4.69, 9.17) is 23.2 Å². The summed E-state index contributed by atoms with van der Waals surface area (Å²) in [5.41, 5.74) is 8.43. The quantitative estimate of drug-likeness (QED) is 0.288. The molecular formula is C28H44ClN7O5. The van der Waals surface area contributed by atoms with Crippen LogP contribution < -0.4 is 11.5 Å². The van der Waals surface area contributed by atoms with Gasteiger partial charge in [0.05, 0.1) is 23.5 Å². The molecule has 41 heavy (non-hydrogen) atoms. The molecule has 0 aromatic carbocycles. The minimum atomic E-state index is -1.57. The number of carbonyl (C=O) groups excluding carboxylic acids is 4. The SMILES string of the molecule is CC(N)(CC1CCCCC1)C(=O)N1C[C@@H](n2nncc2C(C)(C)O)C[C@H]1C(=O)N(Cl)C1(C(=O)C(N)=O)CCCCC1. The second kappa shape index (κ2) is 12.0. The molecule has 12 nitrogen and oxygen atoms in total. The van der Waals surface area contributed by atoms with E-state index in [9.17, 15) is 24.3 Å². The zero-order chi connectivity index (χ0) is 30.2. The van der Waals surface area contributed by atoms with E-state index in [0.29, 0.717) is 30.9 Å². The molecule has 0 spiro atoms. The average Bonchev–Trinajstić information content (AvgIpc) is 3.60. The van der Waals surface area contributed by atoms with Crippen molar-refractivity contribution in [3.05, 3.63) is 11.9 Å². The lowest BCUT2D eigenvalue weighted by atomic mass is 9.77. The first-order chi connectivity index (χ1) is 19.2. The van der Waals surface area contributed by atoms with E-state index >= 15 is 0 Å². The normalized spacial score (nSPS) is 25.0. The third-order valence-corrected chi connectivity index (χ3v) is 9.69. The molecule has 0 radical (unpaired) electrons. The second-order valence-electron chi connectivity index (χ2n) is 13.0. The molecular weight excluding hydrogens is 550 g/mol. The average molecular weight is 594 g/mol. The van der Waals surface area contributed by atoms with Crippen molar-refractivity contribution in [2.45, 2.75) is 127 Å². The predicted molar refractivity (Wildman–Crippen MR) is 151 cm³/mol. The number of likely N-dealkylation sites (tertiary alicyclic amines) is 1. The van der Waals surface area contributed by atoms with Crippen LogP contribution in [0.2, 0.25) is 0 Å². The van der Waals surface area contributed by atoms with Gasteiger partial charge in [0.25, 0.3) is 11.8 Å². The number of nitrogens with two attached hydrogens (primary N) is 2. The van der Waals surface area contributed by atoms with Crippen molar-refractivity contribution in [1.29, 1.82) is 0 Å². The van der Waals surface area contributed by atoms with E-state index in [1.807, 2.05) is 0 Å². The number of amides is 3. The molecule has 1 saturated heterocycles. The van der Waals surface area contributed by atoms with Crippen molar-refractivity contribution >= 4 is 35.3 Å². The number of hydrogen-bond acceptors (Lipinski definition) is 8. The van der Waals surface area contributed by atoms with Gasteiger partial charge >= 0.3 is 0 Å². The third-order valence-electron chi connectivity index (χ3n) is 9.19. The lowest BCUT2D eigenvalue weighted by Gasteiger charge is -2.42. The summed E-state index contributed by atoms with van der Waals surface area (Å²) in [5.74, 6) is -2.80. The van der Waals surface area contributed by atoms with Crippen LogP contribution in [0.15, 0.2) is 6.20 Å². The predicted octanol–water partition coefficient (Wildman–Crippen LogP) is 2.08. The summed E-state index contributed by atoms with van der Waals surface area (Å²) in [4.78, 5) is 54.8. The Morgan fingerprint density at radius 3 is 2.29 bits per heavy atom. The van der Waals surface area contributed by atoms with Gasteiger partial charge in [-0.3, -0.25) is 19.2 Å². The van der Waals surface area contributed by atoms with Crippen molar-refractivity contribution in [2.75, 3.05) is 6.54 Å². The van der Waals surface area contributed by atoms with Gasteiger partial charge < -0.3 is 21.5 Å². The Morgan fingerprint density at radius 2 is 1.71 bits per heavy atom. The molecule has 0 bridgehead atoms. The zero-order valence-corrected chi connectivity index (χ0v) is 25.1. The molecule has 1 aromatic heterocycles. The Balaban J connectivity index is 1.68. The molecule has 13 heteroatoms. The van der Waals surface area contributed by atoms with Crippen LogP contribution in [0.5, 0.6) is 0 Å². The van der Waals surface area contributed by atoms with Gasteiger partial charge in [-0.15, -0.1) is 5.10 Å². The third kappa shape index (κ3) is 6.29. The monoisotopic (exact) mass is 593 g/mol. The number of hydrogen-bond donors (Lipinski definition) is 3. The van der Waals surface area contributed by atoms with Crippen LogP contribution in [0.4, 0.5) is 0 Å². The Labute approximate surface area is 246 Å². The maximum Gasteiger partial charge on any atom is 0.287 e. The molecule has 3 fully saturated rings. The van der Waals surface area contributed by atoms with E-state index in [1.165, 1.54) is 22.2 Å². The van der Waals surface area contributed by atoms with Crippen LogP contribution in [0, 0.1) is 5.92 Å². The molecule has 5 N–H and O–H groups in total. The van der Waals surface area contributed by atoms with Gasteiger partial charge in [0, 0.05) is 24.7 Å². The van der Waals surface area contributed by atoms with E-state index in [-0.39, 0.29) is 25.8 Å². The fourth-order valence-electron chi connectivity index (χ4n) is 7.03. The lowest BCUT2D eigenvalue weighted by Crippen LogP contribution is -2.62. The molecule has 3 atom stereocenters. The Hall–Kier alpha value is -2.57. The first kappa shape index (κ1) is 31.4. The zero-order valence-electron chi connectivity index (χ0n) is 24.4. The van der Waals surface area contributed by atoms with E-state index < -0.39 is 52.3 Å². The fourth-order valence-corrected chi connectivity index (χ4v) is 7.39. The highest BCUT2D eigenvalue weighted by molar-refractivity contribution is 6.41. The summed E-state index contributed by atoms with van der Waals surface area (Å²) in [6, 6.07) is -1.58. The number of ketones is 1. The van der Waals surface area contributed by atoms with Gasteiger partial charge in [-0.2, -0.15) is 0 Å². The van der Waals surface area contributed by atoms with Gasteiger partial charge in [-0.1, -0.05) is 56.6 Å². The van der Waals surface area contributed by atoms with E-state index in [1.54, 1.807) is 20.8 Å². The highest BCUT2D eigenvalue weighted by Gasteiger charge is 2.54. The van der Waals surface area contributed by atoms with E-state index in [2.05, 4.69) is 10.3 Å². The molecule has 228 valence electrons. The lowest BCUT2D eigenvalue weighted by molar-refractivity contribution is -0.152. The Kier molecular flexibility index (Phi) is 9.15. The van der Waals surface area contributed by atoms with Crippen molar-refractivity contribution in [2.24, 2.45) is 17.4 Å². The number of aromatic nitrogens is 3. The summed E-state index contributed by atoms with van der Waals surface area (Å²) < 4.78 is 2.37. The highest BCUT2D eigenvalue weighted by Crippen LogP contribution is 2.40. The van der Waals surface area contributed by atoms with Crippen molar-refractivity contribution in [3.63, 3.8) is 0 Å². The number of halogens is 1. The van der Waals surface area contributed by atoms with Crippen LogP contribution in [0.25, 0.3) is 0 Å². The maximum absolute atomic E-state index is 14.2. The van der Waals surface area contributed by atoms with Gasteiger partial charge in [0.1, 0.15) is 17.2 Å². The number of rotatable bonds is 9. The molecule has 3 aliphatic rings. The van der Waals surface area contributed by atoms with Gasteiger partial charge in [0.15, 0.2) is 0 Å². The van der Waals surface area contributed by atoms with Crippen LogP contribution in [-0.4, -0.2) is 76.6 Å². The minimum Gasteiger partial charge on any atom is -0.384 e. The molecule has 4 rings (SSSR count). The molecule has 1 aromatic rings. The number of aliphatic hydroxyl groups is 1. The largest absolute Gasteiger partial charge is 0.384 e. The first-order valence-electron chi connectivity index (χ1n) is 14.8. The molecule has 2 aliphatic carbocycles. The molecule has 3 amide bonds. The number of nitrogens with zero attached hydrogens (tertiary/aromatic N) is 5. The fraction of sp³-hybridized carbons (Fsp3) is 0.786. The van der Waals surface area contributed by atoms with Crippen LogP contribution in [-0.2, 0) is 24.8 Å². The van der Waals surface area contributed by atoms with Crippen molar-refractivity contribution in [3.8, 4) is 0 Å². The molecule has 2 heterocycles. The van der Waals surface area contributed by atoms with Crippen LogP contribution in [0.1, 0.15) is 110 Å². The Morgan fingerprint density at radius 1 is 1.10 bits per heavy atom. The summed E-state index contributed by atoms with van der Waals surface area (Å²) in [6.45, 7) is 4.99. The number of primary amides is 1. The number of Topliss-reactive ketones (excluding diaryl/α,β-unsaturated/α-hetero) is 1. The van der Waals surface area contributed by atoms with Crippen molar-refractivity contribution < 1.29 is 24.3 Å². The topological polar surface area (TPSA) is 178 Å². The Bertz CT molecular complexity index is 1150. The highest BCUT2D eigenvalue weighted by atomic mass is 35.5. The maximum atomic E-state index is 14.2. The van der Waals surface area contributed by atoms with E-state index in [0.717, 1.165) is 36.5 Å². The molecule has 1 aliphatic heterocycles. The van der Waals surface area contributed by atoms with Crippen LogP contribution >= 0.6 is 11.8 Å². The summed E-state index contributed by atoms with van der Waals surface area (Å²) in [5, 5.41) is 18.8.